The monoisotopic (exact) mass is 564 g/mol. The van der Waals surface area contributed by atoms with Crippen LogP contribution in [0.2, 0.25) is 5.02 Å². The lowest BCUT2D eigenvalue weighted by Gasteiger charge is -2.40. The first-order valence-corrected chi connectivity index (χ1v) is 14.1. The molecule has 2 saturated heterocycles. The number of hydrogen-bond acceptors (Lipinski definition) is 6. The molecule has 12 heteroatoms. The standard InChI is InChI=1S/C26H27ClF2N4O4S/c1-17-11-24(33(30-17)10-9-18-5-3-2-4-6-18)32-14-20(13-22(32)25(34)35)38(36,37)23-8-7-19(12-21(23)27)31-15-26(28,29)16-31/h2-8,11-12,20,22H,9-10,13-16H2,1H3,(H,34,35)/t20-,22+/m1/s1. The average molecular weight is 565 g/mol. The van der Waals surface area contributed by atoms with Crippen LogP contribution in [0.5, 0.6) is 0 Å². The zero-order chi connectivity index (χ0) is 27.2. The van der Waals surface area contributed by atoms with Gasteiger partial charge in [-0.15, -0.1) is 0 Å². The zero-order valence-corrected chi connectivity index (χ0v) is 22.2. The molecule has 2 aliphatic rings. The minimum absolute atomic E-state index is 0.0494. The molecule has 2 fully saturated rings. The van der Waals surface area contributed by atoms with E-state index in [1.54, 1.807) is 22.6 Å². The van der Waals surface area contributed by atoms with Crippen LogP contribution in [0.1, 0.15) is 17.7 Å². The van der Waals surface area contributed by atoms with Crippen molar-refractivity contribution in [3.05, 3.63) is 70.9 Å². The molecule has 1 aromatic heterocycles. The quantitative estimate of drug-likeness (QED) is 0.441. The van der Waals surface area contributed by atoms with E-state index in [0.29, 0.717) is 30.2 Å². The fourth-order valence-corrected chi connectivity index (χ4v) is 7.35. The van der Waals surface area contributed by atoms with Crippen LogP contribution in [0, 0.1) is 6.92 Å². The number of hydrogen-bond donors (Lipinski definition) is 1. The third-order valence-corrected chi connectivity index (χ3v) is 9.66. The lowest BCUT2D eigenvalue weighted by atomic mass is 10.1. The number of benzene rings is 2. The Kier molecular flexibility index (Phi) is 6.85. The average Bonchev–Trinajstić information content (AvgIpc) is 3.45. The highest BCUT2D eigenvalue weighted by Crippen LogP contribution is 2.38. The van der Waals surface area contributed by atoms with Crippen LogP contribution in [0.3, 0.4) is 0 Å². The number of carbonyl (C=O) groups is 1. The van der Waals surface area contributed by atoms with Crippen molar-refractivity contribution < 1.29 is 27.1 Å². The number of rotatable bonds is 8. The zero-order valence-electron chi connectivity index (χ0n) is 20.6. The maximum atomic E-state index is 13.6. The highest BCUT2D eigenvalue weighted by atomic mass is 35.5. The molecule has 5 rings (SSSR count). The van der Waals surface area contributed by atoms with Crippen molar-refractivity contribution in [2.75, 3.05) is 29.4 Å². The lowest BCUT2D eigenvalue weighted by molar-refractivity contribution is -0.138. The Morgan fingerprint density at radius 2 is 1.87 bits per heavy atom. The number of aliphatic carboxylic acids is 1. The van der Waals surface area contributed by atoms with Gasteiger partial charge in [0, 0.05) is 24.8 Å². The molecule has 2 aromatic carbocycles. The smallest absolute Gasteiger partial charge is 0.326 e. The van der Waals surface area contributed by atoms with Crippen molar-refractivity contribution >= 4 is 38.9 Å². The molecule has 2 atom stereocenters. The molecule has 0 spiro atoms. The second-order valence-electron chi connectivity index (χ2n) is 9.84. The Bertz CT molecular complexity index is 1460. The SMILES string of the molecule is Cc1cc(N2C[C@H](S(=O)(=O)c3ccc(N4CC(F)(F)C4)cc3Cl)C[C@H]2C(=O)O)n(CCc2ccccc2)n1. The molecule has 0 aliphatic carbocycles. The highest BCUT2D eigenvalue weighted by molar-refractivity contribution is 7.92. The Morgan fingerprint density at radius 3 is 2.50 bits per heavy atom. The van der Waals surface area contributed by atoms with E-state index in [2.05, 4.69) is 5.10 Å². The maximum Gasteiger partial charge on any atom is 0.326 e. The summed E-state index contributed by atoms with van der Waals surface area (Å²) in [5, 5.41) is 13.4. The molecule has 0 amide bonds. The van der Waals surface area contributed by atoms with Crippen molar-refractivity contribution in [3.63, 3.8) is 0 Å². The van der Waals surface area contributed by atoms with Crippen LogP contribution >= 0.6 is 11.6 Å². The van der Waals surface area contributed by atoms with Crippen LogP contribution in [-0.2, 0) is 27.6 Å². The number of carboxylic acid groups (broad SMARTS) is 1. The Balaban J connectivity index is 1.39. The van der Waals surface area contributed by atoms with Crippen molar-refractivity contribution in [2.45, 2.75) is 48.4 Å². The predicted molar refractivity (Wildman–Crippen MR) is 140 cm³/mol. The molecule has 202 valence electrons. The molecule has 3 aromatic rings. The summed E-state index contributed by atoms with van der Waals surface area (Å²) in [6, 6.07) is 14.6. The van der Waals surface area contributed by atoms with Gasteiger partial charge in [0.1, 0.15) is 11.9 Å². The van der Waals surface area contributed by atoms with Gasteiger partial charge in [0.05, 0.1) is 34.0 Å². The van der Waals surface area contributed by atoms with Gasteiger partial charge in [0.2, 0.25) is 0 Å². The number of aromatic nitrogens is 2. The Hall–Kier alpha value is -3.18. The van der Waals surface area contributed by atoms with Gasteiger partial charge in [0.25, 0.3) is 5.92 Å². The molecule has 8 nitrogen and oxygen atoms in total. The van der Waals surface area contributed by atoms with E-state index in [-0.39, 0.29) is 22.9 Å². The second-order valence-corrected chi connectivity index (χ2v) is 12.4. The molecule has 0 bridgehead atoms. The van der Waals surface area contributed by atoms with E-state index in [1.165, 1.54) is 23.1 Å². The van der Waals surface area contributed by atoms with Gasteiger partial charge >= 0.3 is 5.97 Å². The summed E-state index contributed by atoms with van der Waals surface area (Å²) in [6.07, 6.45) is 0.546. The van der Waals surface area contributed by atoms with Crippen LogP contribution in [0.25, 0.3) is 0 Å². The summed E-state index contributed by atoms with van der Waals surface area (Å²) < 4.78 is 55.5. The second kappa shape index (κ2) is 9.85. The minimum atomic E-state index is -4.03. The van der Waals surface area contributed by atoms with Crippen LogP contribution in [-0.4, -0.2) is 66.1 Å². The summed E-state index contributed by atoms with van der Waals surface area (Å²) in [7, 11) is -4.03. The number of aryl methyl sites for hydroxylation is 3. The van der Waals surface area contributed by atoms with Crippen LogP contribution < -0.4 is 9.80 Å². The van der Waals surface area contributed by atoms with E-state index < -0.39 is 46.1 Å². The molecular formula is C26H27ClF2N4O4S. The third-order valence-electron chi connectivity index (χ3n) is 7.05. The van der Waals surface area contributed by atoms with Gasteiger partial charge in [0.15, 0.2) is 9.84 Å². The van der Waals surface area contributed by atoms with E-state index in [0.717, 1.165) is 5.56 Å². The molecule has 0 saturated carbocycles. The number of sulfone groups is 1. The summed E-state index contributed by atoms with van der Waals surface area (Å²) in [5.74, 6) is -3.36. The van der Waals surface area contributed by atoms with Gasteiger partial charge in [-0.1, -0.05) is 41.9 Å². The lowest BCUT2D eigenvalue weighted by Crippen LogP contribution is -2.56. The third kappa shape index (κ3) is 5.09. The number of halogens is 3. The van der Waals surface area contributed by atoms with E-state index in [1.807, 2.05) is 30.3 Å². The normalized spacial score (nSPS) is 20.9. The molecule has 0 radical (unpaired) electrons. The molecule has 1 N–H and O–H groups in total. The van der Waals surface area contributed by atoms with E-state index in [9.17, 15) is 27.1 Å². The molecule has 38 heavy (non-hydrogen) atoms. The molecular weight excluding hydrogens is 538 g/mol. The Labute approximate surface area is 224 Å². The molecule has 3 heterocycles. The number of anilines is 2. The summed E-state index contributed by atoms with van der Waals surface area (Å²) in [6.45, 7) is 1.34. The van der Waals surface area contributed by atoms with E-state index >= 15 is 0 Å². The summed E-state index contributed by atoms with van der Waals surface area (Å²) in [5.41, 5.74) is 2.20. The van der Waals surface area contributed by atoms with Gasteiger partial charge in [-0.2, -0.15) is 5.10 Å². The maximum absolute atomic E-state index is 13.6. The van der Waals surface area contributed by atoms with Crippen LogP contribution in [0.15, 0.2) is 59.5 Å². The predicted octanol–water partition coefficient (Wildman–Crippen LogP) is 4.05. The first-order chi connectivity index (χ1) is 17.9. The number of carboxylic acids is 1. The van der Waals surface area contributed by atoms with Crippen molar-refractivity contribution in [3.8, 4) is 0 Å². The number of alkyl halides is 2. The van der Waals surface area contributed by atoms with Crippen molar-refractivity contribution in [1.82, 2.24) is 9.78 Å². The summed E-state index contributed by atoms with van der Waals surface area (Å²) in [4.78, 5) is 15.1. The van der Waals surface area contributed by atoms with Gasteiger partial charge in [-0.3, -0.25) is 0 Å². The van der Waals surface area contributed by atoms with Gasteiger partial charge < -0.3 is 14.9 Å². The minimum Gasteiger partial charge on any atom is -0.480 e. The fraction of sp³-hybridized carbons (Fsp3) is 0.385. The number of nitrogens with zero attached hydrogens (tertiary/aromatic N) is 4. The van der Waals surface area contributed by atoms with Crippen LogP contribution in [0.4, 0.5) is 20.3 Å². The molecule has 0 unspecified atom stereocenters. The first kappa shape index (κ1) is 26.4. The van der Waals surface area contributed by atoms with Crippen molar-refractivity contribution in [1.29, 1.82) is 0 Å². The first-order valence-electron chi connectivity index (χ1n) is 12.2. The fourth-order valence-electron chi connectivity index (χ4n) is 5.11. The highest BCUT2D eigenvalue weighted by Gasteiger charge is 2.46. The topological polar surface area (TPSA) is 95.7 Å². The molecule has 2 aliphatic heterocycles. The van der Waals surface area contributed by atoms with Gasteiger partial charge in [-0.25, -0.2) is 26.7 Å². The van der Waals surface area contributed by atoms with Crippen molar-refractivity contribution in [2.24, 2.45) is 0 Å². The Morgan fingerprint density at radius 1 is 1.16 bits per heavy atom. The van der Waals surface area contributed by atoms with E-state index in [4.69, 9.17) is 11.6 Å². The van der Waals surface area contributed by atoms with Gasteiger partial charge in [-0.05, 0) is 43.5 Å². The summed E-state index contributed by atoms with van der Waals surface area (Å²) >= 11 is 6.33. The largest absolute Gasteiger partial charge is 0.480 e.